The van der Waals surface area contributed by atoms with Gasteiger partial charge < -0.3 is 36.8 Å². The van der Waals surface area contributed by atoms with Crippen LogP contribution in [0.2, 0.25) is 0 Å². The lowest BCUT2D eigenvalue weighted by molar-refractivity contribution is -0.148. The number of aliphatic carboxylic acids is 2. The second-order valence-electron chi connectivity index (χ2n) is 8.31. The maximum Gasteiger partial charge on any atom is 0.326 e. The van der Waals surface area contributed by atoms with Crippen LogP contribution >= 0.6 is 0 Å². The SMILES string of the molecule is CC(C)CC(N)C(=O)NC(CCC(=O)O)C(=O)NCC(=O)NCC(=O)N1CCCC1C(=O)O. The monoisotopic (exact) mass is 471 g/mol. The lowest BCUT2D eigenvalue weighted by Gasteiger charge is -2.22. The van der Waals surface area contributed by atoms with E-state index < -0.39 is 66.8 Å². The molecule has 1 heterocycles. The van der Waals surface area contributed by atoms with Crippen LogP contribution in [0, 0.1) is 5.92 Å². The van der Waals surface area contributed by atoms with Crippen LogP contribution in [0.25, 0.3) is 0 Å². The minimum absolute atomic E-state index is 0.134. The van der Waals surface area contributed by atoms with Gasteiger partial charge in [0.1, 0.15) is 12.1 Å². The normalized spacial score (nSPS) is 17.2. The van der Waals surface area contributed by atoms with Crippen LogP contribution in [-0.4, -0.2) is 88.4 Å². The summed E-state index contributed by atoms with van der Waals surface area (Å²) in [7, 11) is 0. The van der Waals surface area contributed by atoms with Crippen molar-refractivity contribution in [1.82, 2.24) is 20.9 Å². The molecule has 7 N–H and O–H groups in total. The number of carbonyl (C=O) groups is 6. The van der Waals surface area contributed by atoms with E-state index in [9.17, 15) is 28.8 Å². The number of rotatable bonds is 13. The predicted molar refractivity (Wildman–Crippen MR) is 115 cm³/mol. The summed E-state index contributed by atoms with van der Waals surface area (Å²) in [5.41, 5.74) is 5.80. The third-order valence-corrected chi connectivity index (χ3v) is 5.06. The molecule has 1 rings (SSSR count). The fraction of sp³-hybridized carbons (Fsp3) is 0.700. The minimum atomic E-state index is -1.21. The van der Waals surface area contributed by atoms with Gasteiger partial charge in [-0.15, -0.1) is 0 Å². The Kier molecular flexibility index (Phi) is 11.3. The van der Waals surface area contributed by atoms with Crippen molar-refractivity contribution in [2.24, 2.45) is 11.7 Å². The summed E-state index contributed by atoms with van der Waals surface area (Å²) in [5.74, 6) is -4.77. The van der Waals surface area contributed by atoms with Gasteiger partial charge in [-0.2, -0.15) is 0 Å². The summed E-state index contributed by atoms with van der Waals surface area (Å²) in [6.45, 7) is 3.08. The number of amides is 4. The highest BCUT2D eigenvalue weighted by molar-refractivity contribution is 5.93. The van der Waals surface area contributed by atoms with Gasteiger partial charge in [0.15, 0.2) is 0 Å². The van der Waals surface area contributed by atoms with Crippen LogP contribution in [0.1, 0.15) is 46.0 Å². The molecule has 0 aromatic rings. The third kappa shape index (κ3) is 9.85. The molecule has 3 unspecified atom stereocenters. The number of carbonyl (C=O) groups excluding carboxylic acids is 4. The molecule has 0 aromatic heterocycles. The Balaban J connectivity index is 2.56. The van der Waals surface area contributed by atoms with Gasteiger partial charge in [-0.1, -0.05) is 13.8 Å². The minimum Gasteiger partial charge on any atom is -0.481 e. The zero-order valence-electron chi connectivity index (χ0n) is 18.8. The van der Waals surface area contributed by atoms with Crippen LogP contribution in [0.15, 0.2) is 0 Å². The molecule has 33 heavy (non-hydrogen) atoms. The van der Waals surface area contributed by atoms with Gasteiger partial charge in [0.2, 0.25) is 23.6 Å². The fourth-order valence-electron chi connectivity index (χ4n) is 3.38. The number of nitrogens with two attached hydrogens (primary N) is 1. The summed E-state index contributed by atoms with van der Waals surface area (Å²) >= 11 is 0. The summed E-state index contributed by atoms with van der Waals surface area (Å²) in [6.07, 6.45) is 0.674. The second-order valence-corrected chi connectivity index (χ2v) is 8.31. The molecule has 3 atom stereocenters. The van der Waals surface area contributed by atoms with Crippen molar-refractivity contribution in [2.45, 2.75) is 64.1 Å². The number of carboxylic acid groups (broad SMARTS) is 2. The number of likely N-dealkylation sites (tertiary alicyclic amines) is 1. The molecule has 186 valence electrons. The molecule has 13 heteroatoms. The van der Waals surface area contributed by atoms with E-state index >= 15 is 0 Å². The Morgan fingerprint density at radius 2 is 1.70 bits per heavy atom. The van der Waals surface area contributed by atoms with Crippen molar-refractivity contribution in [3.05, 3.63) is 0 Å². The van der Waals surface area contributed by atoms with E-state index in [0.29, 0.717) is 19.3 Å². The fourth-order valence-corrected chi connectivity index (χ4v) is 3.38. The van der Waals surface area contributed by atoms with Crippen LogP contribution in [0.4, 0.5) is 0 Å². The summed E-state index contributed by atoms with van der Waals surface area (Å²) < 4.78 is 0. The summed E-state index contributed by atoms with van der Waals surface area (Å²) in [5, 5.41) is 25.0. The van der Waals surface area contributed by atoms with E-state index in [1.54, 1.807) is 0 Å². The number of nitrogens with one attached hydrogen (secondary N) is 3. The molecule has 0 spiro atoms. The third-order valence-electron chi connectivity index (χ3n) is 5.06. The molecule has 0 bridgehead atoms. The van der Waals surface area contributed by atoms with Crippen molar-refractivity contribution in [3.63, 3.8) is 0 Å². The average Bonchev–Trinajstić information content (AvgIpc) is 3.22. The molecule has 1 fully saturated rings. The van der Waals surface area contributed by atoms with Crippen LogP contribution in [0.5, 0.6) is 0 Å². The smallest absolute Gasteiger partial charge is 0.326 e. The first-order valence-corrected chi connectivity index (χ1v) is 10.8. The second kappa shape index (κ2) is 13.4. The van der Waals surface area contributed by atoms with Crippen LogP contribution in [0.3, 0.4) is 0 Å². The molecule has 1 aliphatic heterocycles. The van der Waals surface area contributed by atoms with Crippen molar-refractivity contribution < 1.29 is 39.0 Å². The van der Waals surface area contributed by atoms with Crippen LogP contribution < -0.4 is 21.7 Å². The van der Waals surface area contributed by atoms with E-state index in [2.05, 4.69) is 16.0 Å². The van der Waals surface area contributed by atoms with E-state index in [1.165, 1.54) is 4.90 Å². The summed E-state index contributed by atoms with van der Waals surface area (Å²) in [4.78, 5) is 72.0. The van der Waals surface area contributed by atoms with E-state index in [4.69, 9.17) is 15.9 Å². The van der Waals surface area contributed by atoms with E-state index in [-0.39, 0.29) is 25.3 Å². The largest absolute Gasteiger partial charge is 0.481 e. The zero-order valence-corrected chi connectivity index (χ0v) is 18.8. The zero-order chi connectivity index (χ0) is 25.1. The van der Waals surface area contributed by atoms with Gasteiger partial charge >= 0.3 is 11.9 Å². The Morgan fingerprint density at radius 3 is 2.27 bits per heavy atom. The quantitative estimate of drug-likeness (QED) is 0.175. The molecule has 0 saturated carbocycles. The van der Waals surface area contributed by atoms with Gasteiger partial charge in [-0.25, -0.2) is 4.79 Å². The molecular weight excluding hydrogens is 438 g/mol. The Morgan fingerprint density at radius 1 is 1.03 bits per heavy atom. The highest BCUT2D eigenvalue weighted by atomic mass is 16.4. The van der Waals surface area contributed by atoms with Crippen molar-refractivity contribution in [2.75, 3.05) is 19.6 Å². The molecular formula is C20H33N5O8. The van der Waals surface area contributed by atoms with Gasteiger partial charge in [0.05, 0.1) is 19.1 Å². The first kappa shape index (κ1) is 27.8. The molecule has 0 aliphatic carbocycles. The van der Waals surface area contributed by atoms with Crippen molar-refractivity contribution in [1.29, 1.82) is 0 Å². The number of carboxylic acids is 2. The Labute approximate surface area is 191 Å². The van der Waals surface area contributed by atoms with E-state index in [1.807, 2.05) is 13.8 Å². The van der Waals surface area contributed by atoms with Gasteiger partial charge in [0.25, 0.3) is 0 Å². The highest BCUT2D eigenvalue weighted by Gasteiger charge is 2.33. The predicted octanol–water partition coefficient (Wildman–Crippen LogP) is -1.98. The van der Waals surface area contributed by atoms with Gasteiger partial charge in [-0.05, 0) is 31.6 Å². The molecule has 4 amide bonds. The number of nitrogens with zero attached hydrogens (tertiary/aromatic N) is 1. The average molecular weight is 472 g/mol. The molecule has 0 aromatic carbocycles. The Hall–Kier alpha value is -3.22. The molecule has 13 nitrogen and oxygen atoms in total. The maximum atomic E-state index is 12.4. The first-order chi connectivity index (χ1) is 15.4. The highest BCUT2D eigenvalue weighted by Crippen LogP contribution is 2.17. The number of hydrogen-bond acceptors (Lipinski definition) is 7. The molecule has 1 saturated heterocycles. The topological polar surface area (TPSA) is 208 Å². The van der Waals surface area contributed by atoms with Crippen LogP contribution in [-0.2, 0) is 28.8 Å². The maximum absolute atomic E-state index is 12.4. The van der Waals surface area contributed by atoms with Gasteiger partial charge in [0, 0.05) is 13.0 Å². The van der Waals surface area contributed by atoms with Crippen molar-refractivity contribution in [3.8, 4) is 0 Å². The van der Waals surface area contributed by atoms with Gasteiger partial charge in [-0.3, -0.25) is 24.0 Å². The van der Waals surface area contributed by atoms with E-state index in [0.717, 1.165) is 0 Å². The first-order valence-electron chi connectivity index (χ1n) is 10.8. The lowest BCUT2D eigenvalue weighted by Crippen LogP contribution is -2.53. The lowest BCUT2D eigenvalue weighted by atomic mass is 10.0. The van der Waals surface area contributed by atoms with Crippen molar-refractivity contribution >= 4 is 35.6 Å². The standard InChI is InChI=1S/C20H33N5O8/c1-11(2)8-12(21)18(30)24-13(5-6-17(28)29)19(31)23-9-15(26)22-10-16(27)25-7-3-4-14(25)20(32)33/h11-14H,3-10,21H2,1-2H3,(H,22,26)(H,23,31)(H,24,30)(H,28,29)(H,32,33). The Bertz CT molecular complexity index is 757. The molecule has 0 radical (unpaired) electrons. The number of hydrogen-bond donors (Lipinski definition) is 6. The molecule has 1 aliphatic rings. The summed E-state index contributed by atoms with van der Waals surface area (Å²) in [6, 6.07) is -3.00.